The van der Waals surface area contributed by atoms with Crippen LogP contribution in [0, 0.1) is 0 Å². The molecule has 0 aromatic heterocycles. The maximum Gasteiger partial charge on any atom is 0.501 e. The predicted molar refractivity (Wildman–Crippen MR) is 103 cm³/mol. The Morgan fingerprint density at radius 3 is 1.96 bits per heavy atom. The normalized spacial score (nSPS) is 13.8. The quantitative estimate of drug-likeness (QED) is 0.603. The van der Waals surface area contributed by atoms with Crippen LogP contribution in [0.3, 0.4) is 0 Å². The highest BCUT2D eigenvalue weighted by molar-refractivity contribution is 7.95. The highest BCUT2D eigenvalue weighted by Crippen LogP contribution is 2.28. The van der Waals surface area contributed by atoms with Crippen LogP contribution in [-0.2, 0) is 24.7 Å². The molecule has 9 heteroatoms. The topological polar surface area (TPSA) is 64.6 Å². The number of rotatable bonds is 9. The maximum absolute atomic E-state index is 12.9. The molecule has 0 heterocycles. The third-order valence-electron chi connectivity index (χ3n) is 3.82. The molecule has 0 spiro atoms. The van der Waals surface area contributed by atoms with E-state index in [-0.39, 0.29) is 23.1 Å². The zero-order valence-corrected chi connectivity index (χ0v) is 17.6. The van der Waals surface area contributed by atoms with Gasteiger partial charge in [-0.15, -0.1) is 0 Å². The molecule has 0 aliphatic heterocycles. The van der Waals surface area contributed by atoms with E-state index in [2.05, 4.69) is 5.32 Å². The van der Waals surface area contributed by atoms with Crippen molar-refractivity contribution in [1.82, 2.24) is 5.32 Å². The SMILES string of the molecule is CCOC(CN/C(=C/S(=O)(=O)C(F)(F)F)c1ccc(C(C)(C)C)cc1)OCC. The van der Waals surface area contributed by atoms with Crippen molar-refractivity contribution in [2.45, 2.75) is 51.8 Å². The lowest BCUT2D eigenvalue weighted by Crippen LogP contribution is -2.31. The largest absolute Gasteiger partial charge is 0.501 e. The monoisotopic (exact) mass is 423 g/mol. The van der Waals surface area contributed by atoms with Crippen LogP contribution in [0.25, 0.3) is 5.70 Å². The molecular formula is C19H28F3NO4S. The number of nitrogens with one attached hydrogen (secondary N) is 1. The van der Waals surface area contributed by atoms with E-state index in [1.807, 2.05) is 20.8 Å². The van der Waals surface area contributed by atoms with Crippen LogP contribution in [0.5, 0.6) is 0 Å². The maximum atomic E-state index is 12.9. The molecular weight excluding hydrogens is 395 g/mol. The van der Waals surface area contributed by atoms with Gasteiger partial charge in [-0.05, 0) is 30.4 Å². The molecule has 5 nitrogen and oxygen atoms in total. The van der Waals surface area contributed by atoms with Gasteiger partial charge in [-0.1, -0.05) is 45.0 Å². The summed E-state index contributed by atoms with van der Waals surface area (Å²) in [6, 6.07) is 6.69. The minimum absolute atomic E-state index is 0.0120. The van der Waals surface area contributed by atoms with E-state index in [4.69, 9.17) is 9.47 Å². The molecule has 28 heavy (non-hydrogen) atoms. The summed E-state index contributed by atoms with van der Waals surface area (Å²) in [5.74, 6) is 0. The van der Waals surface area contributed by atoms with Crippen molar-refractivity contribution in [1.29, 1.82) is 0 Å². The van der Waals surface area contributed by atoms with Gasteiger partial charge >= 0.3 is 5.51 Å². The van der Waals surface area contributed by atoms with Gasteiger partial charge in [0.2, 0.25) is 0 Å². The van der Waals surface area contributed by atoms with E-state index in [0.717, 1.165) is 5.56 Å². The molecule has 0 saturated carbocycles. The smallest absolute Gasteiger partial charge is 0.379 e. The van der Waals surface area contributed by atoms with Gasteiger partial charge in [0, 0.05) is 13.2 Å². The van der Waals surface area contributed by atoms with Gasteiger partial charge in [-0.2, -0.15) is 13.2 Å². The van der Waals surface area contributed by atoms with E-state index >= 15 is 0 Å². The Balaban J connectivity index is 3.25. The highest BCUT2D eigenvalue weighted by atomic mass is 32.2. The van der Waals surface area contributed by atoms with Crippen LogP contribution in [0.2, 0.25) is 0 Å². The van der Waals surface area contributed by atoms with Crippen molar-refractivity contribution in [3.63, 3.8) is 0 Å². The van der Waals surface area contributed by atoms with Crippen molar-refractivity contribution in [2.75, 3.05) is 19.8 Å². The van der Waals surface area contributed by atoms with Gasteiger partial charge in [-0.3, -0.25) is 0 Å². The summed E-state index contributed by atoms with van der Waals surface area (Å²) in [6.45, 7) is 10.2. The first kappa shape index (κ1) is 24.5. The van der Waals surface area contributed by atoms with Crippen LogP contribution >= 0.6 is 0 Å². The minimum Gasteiger partial charge on any atom is -0.379 e. The molecule has 0 unspecified atom stereocenters. The number of benzene rings is 1. The summed E-state index contributed by atoms with van der Waals surface area (Å²) in [7, 11) is -5.46. The Hall–Kier alpha value is -1.58. The molecule has 0 radical (unpaired) electrons. The molecule has 0 amide bonds. The number of sulfone groups is 1. The Morgan fingerprint density at radius 2 is 1.57 bits per heavy atom. The average molecular weight is 423 g/mol. The first-order valence-electron chi connectivity index (χ1n) is 8.92. The van der Waals surface area contributed by atoms with Crippen LogP contribution in [0.15, 0.2) is 29.7 Å². The molecule has 0 aliphatic rings. The zero-order valence-electron chi connectivity index (χ0n) is 16.8. The van der Waals surface area contributed by atoms with Crippen LogP contribution in [-0.4, -0.2) is 40.0 Å². The van der Waals surface area contributed by atoms with Gasteiger partial charge in [0.05, 0.1) is 17.6 Å². The van der Waals surface area contributed by atoms with E-state index in [0.29, 0.717) is 18.8 Å². The molecule has 1 N–H and O–H groups in total. The van der Waals surface area contributed by atoms with Crippen LogP contribution < -0.4 is 5.32 Å². The van der Waals surface area contributed by atoms with Gasteiger partial charge in [0.25, 0.3) is 9.84 Å². The Kier molecular flexibility index (Phi) is 8.52. The van der Waals surface area contributed by atoms with Gasteiger partial charge in [-0.25, -0.2) is 8.42 Å². The van der Waals surface area contributed by atoms with Crippen LogP contribution in [0.1, 0.15) is 45.7 Å². The molecule has 0 atom stereocenters. The van der Waals surface area contributed by atoms with Crippen molar-refractivity contribution < 1.29 is 31.1 Å². The molecule has 0 aliphatic carbocycles. The number of alkyl halides is 3. The Bertz CT molecular complexity index is 745. The highest BCUT2D eigenvalue weighted by Gasteiger charge is 2.44. The zero-order chi connectivity index (χ0) is 21.6. The average Bonchev–Trinajstić information content (AvgIpc) is 2.57. The third kappa shape index (κ3) is 7.10. The summed E-state index contributed by atoms with van der Waals surface area (Å²) in [4.78, 5) is 0. The lowest BCUT2D eigenvalue weighted by molar-refractivity contribution is -0.131. The standard InChI is InChI=1S/C19H28F3NO4S/c1-6-26-17(27-7-2)12-23-16(13-28(24,25)19(20,21)22)14-8-10-15(11-9-14)18(3,4)5/h8-11,13,17,23H,6-7,12H2,1-5H3/b16-13+. The lowest BCUT2D eigenvalue weighted by Gasteiger charge is -2.21. The lowest BCUT2D eigenvalue weighted by atomic mass is 9.86. The fourth-order valence-electron chi connectivity index (χ4n) is 2.31. The van der Waals surface area contributed by atoms with E-state index in [1.165, 1.54) is 0 Å². The van der Waals surface area contributed by atoms with E-state index < -0.39 is 21.6 Å². The molecule has 1 rings (SSSR count). The third-order valence-corrected chi connectivity index (χ3v) is 5.01. The summed E-state index contributed by atoms with van der Waals surface area (Å²) in [5, 5.41) is 2.93. The summed E-state index contributed by atoms with van der Waals surface area (Å²) in [5.41, 5.74) is -4.43. The van der Waals surface area contributed by atoms with Crippen LogP contribution in [0.4, 0.5) is 13.2 Å². The number of halogens is 3. The number of hydrogen-bond acceptors (Lipinski definition) is 5. The minimum atomic E-state index is -5.46. The molecule has 0 fully saturated rings. The van der Waals surface area contributed by atoms with Crippen molar-refractivity contribution in [3.8, 4) is 0 Å². The number of hydrogen-bond donors (Lipinski definition) is 1. The fourth-order valence-corrected chi connectivity index (χ4v) is 2.98. The van der Waals surface area contributed by atoms with Gasteiger partial charge in [0.15, 0.2) is 6.29 Å². The van der Waals surface area contributed by atoms with Crippen molar-refractivity contribution in [3.05, 3.63) is 40.8 Å². The first-order chi connectivity index (χ1) is 12.8. The summed E-state index contributed by atoms with van der Waals surface area (Å²) >= 11 is 0. The second-order valence-electron chi connectivity index (χ2n) is 7.07. The van der Waals surface area contributed by atoms with E-state index in [9.17, 15) is 21.6 Å². The van der Waals surface area contributed by atoms with Crippen molar-refractivity contribution >= 4 is 15.5 Å². The Morgan fingerprint density at radius 1 is 1.07 bits per heavy atom. The summed E-state index contributed by atoms with van der Waals surface area (Å²) in [6.07, 6.45) is -0.721. The molecule has 1 aromatic rings. The Labute approximate surface area is 164 Å². The molecule has 160 valence electrons. The summed E-state index contributed by atoms with van der Waals surface area (Å²) < 4.78 is 72.6. The first-order valence-corrected chi connectivity index (χ1v) is 10.5. The fraction of sp³-hybridized carbons (Fsp3) is 0.579. The predicted octanol–water partition coefficient (Wildman–Crippen LogP) is 4.21. The molecule has 0 bridgehead atoms. The molecule has 1 aromatic carbocycles. The number of ether oxygens (including phenoxy) is 2. The second-order valence-corrected chi connectivity index (χ2v) is 8.86. The second kappa shape index (κ2) is 9.76. The van der Waals surface area contributed by atoms with E-state index in [1.54, 1.807) is 38.1 Å². The van der Waals surface area contributed by atoms with Gasteiger partial charge < -0.3 is 14.8 Å². The van der Waals surface area contributed by atoms with Crippen molar-refractivity contribution in [2.24, 2.45) is 0 Å². The molecule has 0 saturated heterocycles. The van der Waals surface area contributed by atoms with Gasteiger partial charge in [0.1, 0.15) is 0 Å².